The lowest BCUT2D eigenvalue weighted by molar-refractivity contribution is 1.09. The highest BCUT2D eigenvalue weighted by Gasteiger charge is 1.98. The molecule has 3 heteroatoms. The van der Waals surface area contributed by atoms with Crippen molar-refractivity contribution in [3.63, 3.8) is 0 Å². The lowest BCUT2D eigenvalue weighted by Gasteiger charge is -1.91. The second-order valence-corrected chi connectivity index (χ2v) is 2.30. The number of aromatic nitrogens is 2. The lowest BCUT2D eigenvalue weighted by atomic mass is 10.3. The van der Waals surface area contributed by atoms with E-state index in [2.05, 4.69) is 10.2 Å². The maximum absolute atomic E-state index is 5.68. The number of alkyl halides is 1. The van der Waals surface area contributed by atoms with Crippen molar-refractivity contribution < 1.29 is 0 Å². The molecule has 1 unspecified atom stereocenters. The summed E-state index contributed by atoms with van der Waals surface area (Å²) in [6, 6.07) is 0. The maximum Gasteiger partial charge on any atom is 0.0587 e. The van der Waals surface area contributed by atoms with Crippen LogP contribution >= 0.6 is 11.6 Å². The Balaban J connectivity index is 2.77. The molecular weight excluding hydrogens is 124 g/mol. The molecule has 0 saturated carbocycles. The minimum atomic E-state index is 0.0637. The number of nitrogens with zero attached hydrogens (tertiary/aromatic N) is 1. The summed E-state index contributed by atoms with van der Waals surface area (Å²) < 4.78 is 0. The van der Waals surface area contributed by atoms with E-state index in [1.54, 1.807) is 12.4 Å². The number of rotatable bonds is 1. The van der Waals surface area contributed by atoms with Gasteiger partial charge in [-0.2, -0.15) is 5.10 Å². The van der Waals surface area contributed by atoms with Crippen LogP contribution in [-0.4, -0.2) is 10.2 Å². The van der Waals surface area contributed by atoms with Crippen molar-refractivity contribution in [2.75, 3.05) is 0 Å². The predicted octanol–water partition coefficient (Wildman–Crippen LogP) is 1.71. The van der Waals surface area contributed by atoms with Crippen LogP contribution in [0, 0.1) is 0 Å². The fraction of sp³-hybridized carbons (Fsp3) is 0.400. The van der Waals surface area contributed by atoms with Crippen LogP contribution in [0.1, 0.15) is 17.9 Å². The molecule has 1 heterocycles. The van der Waals surface area contributed by atoms with E-state index in [0.717, 1.165) is 5.56 Å². The van der Waals surface area contributed by atoms with E-state index in [-0.39, 0.29) is 5.38 Å². The molecule has 0 aliphatic carbocycles. The van der Waals surface area contributed by atoms with Gasteiger partial charge in [0.2, 0.25) is 0 Å². The normalized spacial score (nSPS) is 13.8. The molecule has 0 aromatic carbocycles. The number of nitrogens with one attached hydrogen (secondary N) is 1. The van der Waals surface area contributed by atoms with E-state index in [1.807, 2.05) is 6.92 Å². The highest BCUT2D eigenvalue weighted by molar-refractivity contribution is 6.20. The van der Waals surface area contributed by atoms with Crippen molar-refractivity contribution in [2.45, 2.75) is 12.3 Å². The Hall–Kier alpha value is -0.500. The summed E-state index contributed by atoms with van der Waals surface area (Å²) in [5.74, 6) is 0. The standard InChI is InChI=1S/C5H7ClN2/c1-4(6)5-2-7-8-3-5/h2-4H,1H3,(H,7,8). The molecule has 1 rings (SSSR count). The molecule has 44 valence electrons. The monoisotopic (exact) mass is 130 g/mol. The molecule has 0 bridgehead atoms. The molecule has 0 spiro atoms. The van der Waals surface area contributed by atoms with Gasteiger partial charge in [-0.1, -0.05) is 0 Å². The van der Waals surface area contributed by atoms with Crippen molar-refractivity contribution >= 4 is 11.6 Å². The Morgan fingerprint density at radius 1 is 1.88 bits per heavy atom. The van der Waals surface area contributed by atoms with Gasteiger partial charge < -0.3 is 0 Å². The number of halogens is 1. The van der Waals surface area contributed by atoms with Gasteiger partial charge in [0.1, 0.15) is 0 Å². The maximum atomic E-state index is 5.68. The lowest BCUT2D eigenvalue weighted by Crippen LogP contribution is -1.75. The summed E-state index contributed by atoms with van der Waals surface area (Å²) in [5, 5.41) is 6.47. The van der Waals surface area contributed by atoms with Gasteiger partial charge in [0.05, 0.1) is 11.6 Å². The molecule has 0 fully saturated rings. The van der Waals surface area contributed by atoms with Crippen LogP contribution in [0.4, 0.5) is 0 Å². The minimum Gasteiger partial charge on any atom is -0.285 e. The molecule has 1 N–H and O–H groups in total. The molecule has 1 aromatic rings. The van der Waals surface area contributed by atoms with E-state index >= 15 is 0 Å². The van der Waals surface area contributed by atoms with Gasteiger partial charge in [-0.25, -0.2) is 0 Å². The Kier molecular flexibility index (Phi) is 1.53. The fourth-order valence-corrected chi connectivity index (χ4v) is 0.598. The molecule has 0 amide bonds. The Bertz CT molecular complexity index is 145. The van der Waals surface area contributed by atoms with Gasteiger partial charge in [-0.05, 0) is 6.92 Å². The number of hydrogen-bond donors (Lipinski definition) is 1. The topological polar surface area (TPSA) is 28.7 Å². The summed E-state index contributed by atoms with van der Waals surface area (Å²) in [6.07, 6.45) is 3.51. The van der Waals surface area contributed by atoms with E-state index in [1.165, 1.54) is 0 Å². The largest absolute Gasteiger partial charge is 0.285 e. The average molecular weight is 131 g/mol. The van der Waals surface area contributed by atoms with Gasteiger partial charge in [-0.15, -0.1) is 11.6 Å². The first-order valence-corrected chi connectivity index (χ1v) is 2.87. The molecule has 8 heavy (non-hydrogen) atoms. The van der Waals surface area contributed by atoms with E-state index in [9.17, 15) is 0 Å². The zero-order chi connectivity index (χ0) is 5.98. The average Bonchev–Trinajstić information content (AvgIpc) is 2.12. The van der Waals surface area contributed by atoms with Gasteiger partial charge in [0.25, 0.3) is 0 Å². The minimum absolute atomic E-state index is 0.0637. The van der Waals surface area contributed by atoms with E-state index in [4.69, 9.17) is 11.6 Å². The highest BCUT2D eigenvalue weighted by atomic mass is 35.5. The zero-order valence-electron chi connectivity index (χ0n) is 4.56. The Morgan fingerprint density at radius 2 is 2.62 bits per heavy atom. The second kappa shape index (κ2) is 2.18. The van der Waals surface area contributed by atoms with Gasteiger partial charge in [0.15, 0.2) is 0 Å². The van der Waals surface area contributed by atoms with Crippen molar-refractivity contribution in [1.29, 1.82) is 0 Å². The summed E-state index contributed by atoms with van der Waals surface area (Å²) in [6.45, 7) is 1.91. The van der Waals surface area contributed by atoms with Crippen LogP contribution in [-0.2, 0) is 0 Å². The summed E-state index contributed by atoms with van der Waals surface area (Å²) in [7, 11) is 0. The van der Waals surface area contributed by atoms with Gasteiger partial charge >= 0.3 is 0 Å². The van der Waals surface area contributed by atoms with Crippen molar-refractivity contribution in [2.24, 2.45) is 0 Å². The second-order valence-electron chi connectivity index (χ2n) is 1.65. The van der Waals surface area contributed by atoms with Crippen LogP contribution in [0.25, 0.3) is 0 Å². The van der Waals surface area contributed by atoms with Crippen molar-refractivity contribution in [3.05, 3.63) is 18.0 Å². The van der Waals surface area contributed by atoms with Crippen LogP contribution in [0.2, 0.25) is 0 Å². The number of aromatic amines is 1. The third kappa shape index (κ3) is 1.01. The van der Waals surface area contributed by atoms with Crippen molar-refractivity contribution in [1.82, 2.24) is 10.2 Å². The van der Waals surface area contributed by atoms with Crippen LogP contribution in [0.5, 0.6) is 0 Å². The molecule has 1 aromatic heterocycles. The first-order chi connectivity index (χ1) is 3.80. The van der Waals surface area contributed by atoms with E-state index in [0.29, 0.717) is 0 Å². The summed E-state index contributed by atoms with van der Waals surface area (Å²) in [4.78, 5) is 0. The first kappa shape index (κ1) is 5.63. The van der Waals surface area contributed by atoms with E-state index < -0.39 is 0 Å². The van der Waals surface area contributed by atoms with Crippen LogP contribution in [0.3, 0.4) is 0 Å². The molecule has 2 nitrogen and oxygen atoms in total. The Labute approximate surface area is 52.9 Å². The molecule has 0 aliphatic rings. The highest BCUT2D eigenvalue weighted by Crippen LogP contribution is 2.15. The number of hydrogen-bond acceptors (Lipinski definition) is 1. The number of H-pyrrole nitrogens is 1. The van der Waals surface area contributed by atoms with Gasteiger partial charge in [-0.3, -0.25) is 5.10 Å². The molecule has 0 radical (unpaired) electrons. The molecular formula is C5H7ClN2. The SMILES string of the molecule is CC(Cl)c1cn[nH]c1. The smallest absolute Gasteiger partial charge is 0.0587 e. The van der Waals surface area contributed by atoms with Gasteiger partial charge in [0, 0.05) is 11.8 Å². The zero-order valence-corrected chi connectivity index (χ0v) is 5.31. The third-order valence-electron chi connectivity index (χ3n) is 0.979. The predicted molar refractivity (Wildman–Crippen MR) is 32.9 cm³/mol. The third-order valence-corrected chi connectivity index (χ3v) is 1.23. The first-order valence-electron chi connectivity index (χ1n) is 2.43. The molecule has 0 aliphatic heterocycles. The molecule has 1 atom stereocenters. The van der Waals surface area contributed by atoms with Crippen LogP contribution < -0.4 is 0 Å². The fourth-order valence-electron chi connectivity index (χ4n) is 0.478. The molecule has 0 saturated heterocycles. The van der Waals surface area contributed by atoms with Crippen molar-refractivity contribution in [3.8, 4) is 0 Å². The Morgan fingerprint density at radius 3 is 2.88 bits per heavy atom. The summed E-state index contributed by atoms with van der Waals surface area (Å²) >= 11 is 5.68. The summed E-state index contributed by atoms with van der Waals surface area (Å²) in [5.41, 5.74) is 1.03. The quantitative estimate of drug-likeness (QED) is 0.576. The van der Waals surface area contributed by atoms with Crippen LogP contribution in [0.15, 0.2) is 12.4 Å².